The van der Waals surface area contributed by atoms with Crippen LogP contribution in [0, 0.1) is 6.92 Å². The van der Waals surface area contributed by atoms with E-state index in [2.05, 4.69) is 5.32 Å². The molecule has 17 heavy (non-hydrogen) atoms. The van der Waals surface area contributed by atoms with Gasteiger partial charge in [0.1, 0.15) is 0 Å². The molecule has 1 N–H and O–H groups in total. The molecule has 0 aliphatic heterocycles. The summed E-state index contributed by atoms with van der Waals surface area (Å²) in [6, 6.07) is 5.75. The monoisotopic (exact) mass is 254 g/mol. The van der Waals surface area contributed by atoms with Crippen molar-refractivity contribution in [3.05, 3.63) is 28.8 Å². The van der Waals surface area contributed by atoms with Gasteiger partial charge in [-0.05, 0) is 38.5 Å². The van der Waals surface area contributed by atoms with Crippen LogP contribution in [0.15, 0.2) is 18.2 Å². The Hall–Kier alpha value is -1.22. The summed E-state index contributed by atoms with van der Waals surface area (Å²) < 4.78 is 0. The van der Waals surface area contributed by atoms with E-state index < -0.39 is 0 Å². The molecule has 0 unspecified atom stereocenters. The zero-order valence-electron chi connectivity index (χ0n) is 10.6. The first-order chi connectivity index (χ1) is 8.08. The van der Waals surface area contributed by atoms with Gasteiger partial charge in [0.05, 0.1) is 17.3 Å². The molecule has 0 radical (unpaired) electrons. The van der Waals surface area contributed by atoms with Gasteiger partial charge in [0, 0.05) is 13.1 Å². The van der Waals surface area contributed by atoms with Gasteiger partial charge in [0.25, 0.3) is 0 Å². The van der Waals surface area contributed by atoms with Crippen LogP contribution < -0.4 is 5.32 Å². The number of carbonyl (C=O) groups is 1. The number of rotatable bonds is 5. The van der Waals surface area contributed by atoms with E-state index in [9.17, 15) is 4.79 Å². The van der Waals surface area contributed by atoms with Crippen molar-refractivity contribution in [1.82, 2.24) is 4.90 Å². The second-order valence-corrected chi connectivity index (χ2v) is 4.31. The second kappa shape index (κ2) is 6.50. The van der Waals surface area contributed by atoms with E-state index in [1.165, 1.54) is 0 Å². The maximum Gasteiger partial charge on any atom is 0.241 e. The predicted octanol–water partition coefficient (Wildman–Crippen LogP) is 2.93. The highest BCUT2D eigenvalue weighted by Gasteiger charge is 2.09. The lowest BCUT2D eigenvalue weighted by Gasteiger charge is -2.19. The molecule has 0 heterocycles. The summed E-state index contributed by atoms with van der Waals surface area (Å²) >= 11 is 6.07. The maximum atomic E-state index is 11.8. The molecule has 1 aromatic carbocycles. The lowest BCUT2D eigenvalue weighted by atomic mass is 10.2. The van der Waals surface area contributed by atoms with Gasteiger partial charge in [0.2, 0.25) is 5.91 Å². The van der Waals surface area contributed by atoms with Crippen LogP contribution >= 0.6 is 11.6 Å². The average Bonchev–Trinajstić information content (AvgIpc) is 2.29. The molecule has 0 fully saturated rings. The van der Waals surface area contributed by atoms with Crippen molar-refractivity contribution in [3.63, 3.8) is 0 Å². The summed E-state index contributed by atoms with van der Waals surface area (Å²) in [6.07, 6.45) is 0. The van der Waals surface area contributed by atoms with Crippen LogP contribution in [0.5, 0.6) is 0 Å². The molecule has 0 aliphatic carbocycles. The van der Waals surface area contributed by atoms with E-state index in [1.807, 2.05) is 39.0 Å². The minimum Gasteiger partial charge on any atom is -0.375 e. The summed E-state index contributed by atoms with van der Waals surface area (Å²) in [5.74, 6) is 0.0895. The SMILES string of the molecule is CCN(CC)C(=O)CNc1ccc(C)cc1Cl. The van der Waals surface area contributed by atoms with Crippen molar-refractivity contribution in [2.75, 3.05) is 25.0 Å². The number of aryl methyl sites for hydroxylation is 1. The van der Waals surface area contributed by atoms with Gasteiger partial charge >= 0.3 is 0 Å². The number of hydrogen-bond donors (Lipinski definition) is 1. The van der Waals surface area contributed by atoms with E-state index in [0.29, 0.717) is 5.02 Å². The predicted molar refractivity (Wildman–Crippen MR) is 72.6 cm³/mol. The Morgan fingerprint density at radius 2 is 2.00 bits per heavy atom. The lowest BCUT2D eigenvalue weighted by Crippen LogP contribution is -2.35. The number of benzene rings is 1. The van der Waals surface area contributed by atoms with Gasteiger partial charge in [0.15, 0.2) is 0 Å². The first-order valence-corrected chi connectivity index (χ1v) is 6.24. The number of hydrogen-bond acceptors (Lipinski definition) is 2. The smallest absolute Gasteiger partial charge is 0.241 e. The van der Waals surface area contributed by atoms with E-state index in [-0.39, 0.29) is 12.5 Å². The van der Waals surface area contributed by atoms with Gasteiger partial charge in [-0.15, -0.1) is 0 Å². The third-order valence-corrected chi connectivity index (χ3v) is 2.98. The van der Waals surface area contributed by atoms with Crippen LogP contribution in [0.3, 0.4) is 0 Å². The molecule has 1 rings (SSSR count). The molecule has 94 valence electrons. The number of nitrogens with one attached hydrogen (secondary N) is 1. The first-order valence-electron chi connectivity index (χ1n) is 5.86. The molecular formula is C13H19ClN2O. The molecule has 3 nitrogen and oxygen atoms in total. The number of carbonyl (C=O) groups excluding carboxylic acids is 1. The normalized spacial score (nSPS) is 10.1. The van der Waals surface area contributed by atoms with Crippen molar-refractivity contribution in [2.45, 2.75) is 20.8 Å². The minimum atomic E-state index is 0.0895. The third-order valence-electron chi connectivity index (χ3n) is 2.67. The number of likely N-dealkylation sites (N-methyl/N-ethyl adjacent to an activating group) is 1. The Morgan fingerprint density at radius 1 is 1.35 bits per heavy atom. The van der Waals surface area contributed by atoms with Crippen LogP contribution in [-0.4, -0.2) is 30.4 Å². The van der Waals surface area contributed by atoms with E-state index in [0.717, 1.165) is 24.3 Å². The highest BCUT2D eigenvalue weighted by molar-refractivity contribution is 6.33. The fourth-order valence-corrected chi connectivity index (χ4v) is 1.92. The lowest BCUT2D eigenvalue weighted by molar-refractivity contribution is -0.128. The molecule has 0 saturated carbocycles. The second-order valence-electron chi connectivity index (χ2n) is 3.90. The zero-order valence-corrected chi connectivity index (χ0v) is 11.3. The standard InChI is InChI=1S/C13H19ClN2O/c1-4-16(5-2)13(17)9-15-12-7-6-10(3)8-11(12)14/h6-8,15H,4-5,9H2,1-3H3. The quantitative estimate of drug-likeness (QED) is 0.876. The third kappa shape index (κ3) is 3.93. The van der Waals surface area contributed by atoms with Crippen LogP contribution in [0.4, 0.5) is 5.69 Å². The van der Waals surface area contributed by atoms with Crippen molar-refractivity contribution < 1.29 is 4.79 Å². The minimum absolute atomic E-state index is 0.0895. The fraction of sp³-hybridized carbons (Fsp3) is 0.462. The number of anilines is 1. The fourth-order valence-electron chi connectivity index (χ4n) is 1.62. The van der Waals surface area contributed by atoms with Crippen molar-refractivity contribution in [3.8, 4) is 0 Å². The van der Waals surface area contributed by atoms with Crippen LogP contribution in [0.2, 0.25) is 5.02 Å². The van der Waals surface area contributed by atoms with Gasteiger partial charge in [-0.3, -0.25) is 4.79 Å². The van der Waals surface area contributed by atoms with E-state index in [1.54, 1.807) is 4.90 Å². The zero-order chi connectivity index (χ0) is 12.8. The maximum absolute atomic E-state index is 11.8. The van der Waals surface area contributed by atoms with Crippen molar-refractivity contribution in [2.24, 2.45) is 0 Å². The molecule has 4 heteroatoms. The first kappa shape index (κ1) is 13.8. The highest BCUT2D eigenvalue weighted by atomic mass is 35.5. The molecule has 0 spiro atoms. The Labute approximate surface area is 108 Å². The van der Waals surface area contributed by atoms with Crippen LogP contribution in [0.1, 0.15) is 19.4 Å². The summed E-state index contributed by atoms with van der Waals surface area (Å²) in [5, 5.41) is 3.72. The van der Waals surface area contributed by atoms with E-state index in [4.69, 9.17) is 11.6 Å². The Balaban J connectivity index is 2.58. The molecular weight excluding hydrogens is 236 g/mol. The summed E-state index contributed by atoms with van der Waals surface area (Å²) in [6.45, 7) is 7.68. The Kier molecular flexibility index (Phi) is 5.29. The van der Waals surface area contributed by atoms with Crippen molar-refractivity contribution in [1.29, 1.82) is 0 Å². The summed E-state index contributed by atoms with van der Waals surface area (Å²) in [5.41, 5.74) is 1.91. The Morgan fingerprint density at radius 3 is 2.53 bits per heavy atom. The number of nitrogens with zero attached hydrogens (tertiary/aromatic N) is 1. The molecule has 0 aliphatic rings. The van der Waals surface area contributed by atoms with E-state index >= 15 is 0 Å². The molecule has 1 amide bonds. The topological polar surface area (TPSA) is 32.3 Å². The van der Waals surface area contributed by atoms with Gasteiger partial charge in [-0.25, -0.2) is 0 Å². The molecule has 0 saturated heterocycles. The van der Waals surface area contributed by atoms with Crippen LogP contribution in [-0.2, 0) is 4.79 Å². The molecule has 0 aromatic heterocycles. The number of amides is 1. The number of halogens is 1. The molecule has 0 atom stereocenters. The Bertz CT molecular complexity index is 389. The van der Waals surface area contributed by atoms with Gasteiger partial charge < -0.3 is 10.2 Å². The van der Waals surface area contributed by atoms with Crippen LogP contribution in [0.25, 0.3) is 0 Å². The highest BCUT2D eigenvalue weighted by Crippen LogP contribution is 2.22. The summed E-state index contributed by atoms with van der Waals surface area (Å²) in [7, 11) is 0. The summed E-state index contributed by atoms with van der Waals surface area (Å²) in [4.78, 5) is 13.6. The largest absolute Gasteiger partial charge is 0.375 e. The molecule has 1 aromatic rings. The average molecular weight is 255 g/mol. The van der Waals surface area contributed by atoms with Gasteiger partial charge in [-0.2, -0.15) is 0 Å². The van der Waals surface area contributed by atoms with Gasteiger partial charge in [-0.1, -0.05) is 17.7 Å². The molecule has 0 bridgehead atoms. The van der Waals surface area contributed by atoms with Crippen molar-refractivity contribution >= 4 is 23.2 Å².